The first kappa shape index (κ1) is 24.8. The summed E-state index contributed by atoms with van der Waals surface area (Å²) in [5.74, 6) is 0.0813. The van der Waals surface area contributed by atoms with E-state index in [9.17, 15) is 14.4 Å². The molecule has 1 saturated heterocycles. The Hall–Kier alpha value is -3.79. The van der Waals surface area contributed by atoms with Crippen molar-refractivity contribution in [2.75, 3.05) is 47.6 Å². The Bertz CT molecular complexity index is 1010. The summed E-state index contributed by atoms with van der Waals surface area (Å²) in [6, 6.07) is 12.2. The van der Waals surface area contributed by atoms with Crippen LogP contribution in [-0.2, 0) is 20.7 Å². The number of benzene rings is 2. The van der Waals surface area contributed by atoms with E-state index in [2.05, 4.69) is 10.6 Å². The summed E-state index contributed by atoms with van der Waals surface area (Å²) < 4.78 is 21.2. The Morgan fingerprint density at radius 3 is 2.32 bits per heavy atom. The van der Waals surface area contributed by atoms with Gasteiger partial charge >= 0.3 is 11.8 Å². The number of hydrogen-bond acceptors (Lipinski definition) is 7. The van der Waals surface area contributed by atoms with Gasteiger partial charge in [0.2, 0.25) is 0 Å². The number of carbonyl (C=O) groups is 3. The van der Waals surface area contributed by atoms with Gasteiger partial charge < -0.3 is 34.5 Å². The van der Waals surface area contributed by atoms with Crippen molar-refractivity contribution in [3.05, 3.63) is 53.6 Å². The fourth-order valence-electron chi connectivity index (χ4n) is 3.52. The van der Waals surface area contributed by atoms with Crippen LogP contribution in [0.15, 0.2) is 42.5 Å². The van der Waals surface area contributed by atoms with Crippen LogP contribution in [0.25, 0.3) is 0 Å². The van der Waals surface area contributed by atoms with E-state index in [0.717, 1.165) is 5.56 Å². The molecule has 0 aliphatic carbocycles. The highest BCUT2D eigenvalue weighted by molar-refractivity contribution is 6.35. The van der Waals surface area contributed by atoms with Gasteiger partial charge in [-0.3, -0.25) is 14.4 Å². The molecule has 1 aliphatic rings. The minimum absolute atomic E-state index is 0.00380. The first-order chi connectivity index (χ1) is 16.5. The van der Waals surface area contributed by atoms with Crippen molar-refractivity contribution >= 4 is 17.7 Å². The number of ether oxygens (including phenoxy) is 4. The molecule has 10 heteroatoms. The lowest BCUT2D eigenvalue weighted by molar-refractivity contribution is -0.139. The normalized spacial score (nSPS) is 14.9. The Morgan fingerprint density at radius 1 is 0.941 bits per heavy atom. The smallest absolute Gasteiger partial charge is 0.309 e. The molecule has 1 aliphatic heterocycles. The third-order valence-corrected chi connectivity index (χ3v) is 5.38. The van der Waals surface area contributed by atoms with E-state index in [1.807, 2.05) is 12.1 Å². The van der Waals surface area contributed by atoms with Gasteiger partial charge in [-0.1, -0.05) is 6.07 Å². The lowest BCUT2D eigenvalue weighted by Gasteiger charge is -2.23. The maximum atomic E-state index is 12.8. The number of amides is 3. The maximum absolute atomic E-state index is 12.8. The molecule has 2 N–H and O–H groups in total. The lowest BCUT2D eigenvalue weighted by Crippen LogP contribution is -2.47. The minimum atomic E-state index is -0.792. The van der Waals surface area contributed by atoms with Crippen LogP contribution in [0.3, 0.4) is 0 Å². The Labute approximate surface area is 198 Å². The van der Waals surface area contributed by atoms with E-state index in [1.54, 1.807) is 51.7 Å². The van der Waals surface area contributed by atoms with Crippen LogP contribution in [0.4, 0.5) is 0 Å². The average Bonchev–Trinajstić information content (AvgIpc) is 3.35. The first-order valence-electron chi connectivity index (χ1n) is 10.8. The van der Waals surface area contributed by atoms with Crippen molar-refractivity contribution < 1.29 is 33.3 Å². The summed E-state index contributed by atoms with van der Waals surface area (Å²) in [5.41, 5.74) is 1.40. The molecule has 0 aromatic heterocycles. The van der Waals surface area contributed by atoms with Gasteiger partial charge in [-0.2, -0.15) is 0 Å². The van der Waals surface area contributed by atoms with Gasteiger partial charge in [0, 0.05) is 18.7 Å². The Balaban J connectivity index is 1.45. The molecule has 182 valence electrons. The predicted molar refractivity (Wildman–Crippen MR) is 123 cm³/mol. The maximum Gasteiger partial charge on any atom is 0.309 e. The third-order valence-electron chi connectivity index (χ3n) is 5.38. The SMILES string of the molecule is COc1ccc(C(=O)N2CCO[C@@H]2CNC(=O)C(=O)NCCc2ccc(OC)c(OC)c2)cc1. The molecule has 0 saturated carbocycles. The Kier molecular flexibility index (Phi) is 8.69. The summed E-state index contributed by atoms with van der Waals surface area (Å²) in [7, 11) is 4.66. The average molecular weight is 472 g/mol. The van der Waals surface area contributed by atoms with Gasteiger partial charge in [0.05, 0.1) is 34.5 Å². The van der Waals surface area contributed by atoms with E-state index >= 15 is 0 Å². The standard InChI is InChI=1S/C24H29N3O7/c1-31-18-7-5-17(6-8-18)24(30)27-12-13-34-21(27)15-26-23(29)22(28)25-11-10-16-4-9-19(32-2)20(14-16)33-3/h4-9,14,21H,10-13,15H2,1-3H3,(H,25,28)(H,26,29)/t21-/m1/s1. The molecule has 10 nitrogen and oxygen atoms in total. The van der Waals surface area contributed by atoms with Crippen LogP contribution in [0.1, 0.15) is 15.9 Å². The third kappa shape index (κ3) is 6.16. The summed E-state index contributed by atoms with van der Waals surface area (Å²) in [4.78, 5) is 38.7. The van der Waals surface area contributed by atoms with Crippen LogP contribution in [-0.4, -0.2) is 76.4 Å². The number of nitrogens with one attached hydrogen (secondary N) is 2. The van der Waals surface area contributed by atoms with Crippen molar-refractivity contribution in [1.29, 1.82) is 0 Å². The second-order valence-corrected chi connectivity index (χ2v) is 7.46. The van der Waals surface area contributed by atoms with E-state index < -0.39 is 18.0 Å². The summed E-state index contributed by atoms with van der Waals surface area (Å²) in [5, 5.41) is 5.12. The van der Waals surface area contributed by atoms with Crippen molar-refractivity contribution in [2.24, 2.45) is 0 Å². The summed E-state index contributed by atoms with van der Waals surface area (Å²) in [6.45, 7) is 1.01. The lowest BCUT2D eigenvalue weighted by atomic mass is 10.1. The topological polar surface area (TPSA) is 115 Å². The van der Waals surface area contributed by atoms with Crippen LogP contribution < -0.4 is 24.8 Å². The van der Waals surface area contributed by atoms with Gasteiger partial charge in [-0.25, -0.2) is 0 Å². The zero-order valence-corrected chi connectivity index (χ0v) is 19.5. The van der Waals surface area contributed by atoms with Crippen molar-refractivity contribution in [1.82, 2.24) is 15.5 Å². The largest absolute Gasteiger partial charge is 0.497 e. The Morgan fingerprint density at radius 2 is 1.65 bits per heavy atom. The zero-order chi connectivity index (χ0) is 24.5. The molecule has 2 aromatic rings. The van der Waals surface area contributed by atoms with Gasteiger partial charge in [0.1, 0.15) is 12.0 Å². The van der Waals surface area contributed by atoms with Gasteiger partial charge in [0.15, 0.2) is 11.5 Å². The monoisotopic (exact) mass is 471 g/mol. The predicted octanol–water partition coefficient (Wildman–Crippen LogP) is 0.986. The molecule has 1 heterocycles. The van der Waals surface area contributed by atoms with Crippen molar-refractivity contribution in [3.8, 4) is 17.2 Å². The zero-order valence-electron chi connectivity index (χ0n) is 19.5. The second-order valence-electron chi connectivity index (χ2n) is 7.46. The molecule has 1 atom stereocenters. The summed E-state index contributed by atoms with van der Waals surface area (Å²) in [6.07, 6.45) is -0.145. The molecule has 1 fully saturated rings. The molecule has 3 amide bonds. The number of hydrogen-bond donors (Lipinski definition) is 2. The van der Waals surface area contributed by atoms with Crippen molar-refractivity contribution in [2.45, 2.75) is 12.6 Å². The molecule has 0 unspecified atom stereocenters. The molecular formula is C24H29N3O7. The molecular weight excluding hydrogens is 442 g/mol. The van der Waals surface area contributed by atoms with E-state index in [4.69, 9.17) is 18.9 Å². The number of rotatable bonds is 9. The van der Waals surface area contributed by atoms with Crippen LogP contribution >= 0.6 is 0 Å². The first-order valence-corrected chi connectivity index (χ1v) is 10.8. The molecule has 2 aromatic carbocycles. The van der Waals surface area contributed by atoms with E-state index in [1.165, 1.54) is 4.90 Å². The minimum Gasteiger partial charge on any atom is -0.497 e. The highest BCUT2D eigenvalue weighted by Gasteiger charge is 2.31. The number of nitrogens with zero attached hydrogens (tertiary/aromatic N) is 1. The molecule has 0 bridgehead atoms. The quantitative estimate of drug-likeness (QED) is 0.524. The van der Waals surface area contributed by atoms with Gasteiger partial charge in [-0.15, -0.1) is 0 Å². The molecule has 0 spiro atoms. The van der Waals surface area contributed by atoms with Crippen molar-refractivity contribution in [3.63, 3.8) is 0 Å². The number of carbonyl (C=O) groups excluding carboxylic acids is 3. The van der Waals surface area contributed by atoms with E-state index in [0.29, 0.717) is 42.4 Å². The van der Waals surface area contributed by atoms with Crippen LogP contribution in [0, 0.1) is 0 Å². The van der Waals surface area contributed by atoms with Crippen LogP contribution in [0.5, 0.6) is 17.2 Å². The number of methoxy groups -OCH3 is 3. The fraction of sp³-hybridized carbons (Fsp3) is 0.375. The van der Waals surface area contributed by atoms with E-state index in [-0.39, 0.29) is 19.0 Å². The molecule has 3 rings (SSSR count). The molecule has 34 heavy (non-hydrogen) atoms. The highest BCUT2D eigenvalue weighted by atomic mass is 16.5. The second kappa shape index (κ2) is 11.9. The molecule has 0 radical (unpaired) electrons. The summed E-state index contributed by atoms with van der Waals surface area (Å²) >= 11 is 0. The van der Waals surface area contributed by atoms with Gasteiger partial charge in [-0.05, 0) is 48.4 Å². The van der Waals surface area contributed by atoms with Crippen LogP contribution in [0.2, 0.25) is 0 Å². The highest BCUT2D eigenvalue weighted by Crippen LogP contribution is 2.27. The fourth-order valence-corrected chi connectivity index (χ4v) is 3.52. The van der Waals surface area contributed by atoms with Gasteiger partial charge in [0.25, 0.3) is 5.91 Å².